The van der Waals surface area contributed by atoms with Gasteiger partial charge in [0.05, 0.1) is 6.54 Å². The molecule has 0 bridgehead atoms. The van der Waals surface area contributed by atoms with Gasteiger partial charge in [-0.05, 0) is 18.8 Å². The molecule has 1 saturated carbocycles. The molecule has 1 aliphatic rings. The van der Waals surface area contributed by atoms with E-state index in [2.05, 4.69) is 0 Å². The molecule has 0 aromatic heterocycles. The lowest BCUT2D eigenvalue weighted by atomic mass is 10.3. The van der Waals surface area contributed by atoms with Gasteiger partial charge in [0.2, 0.25) is 0 Å². The summed E-state index contributed by atoms with van der Waals surface area (Å²) in [6, 6.07) is 0. The monoisotopic (exact) mass is 197 g/mol. The van der Waals surface area contributed by atoms with Crippen LogP contribution >= 0.6 is 11.6 Å². The summed E-state index contributed by atoms with van der Waals surface area (Å²) >= 11 is 5.50. The molecule has 0 unspecified atom stereocenters. The SMILES string of the molecule is FC(F)CN(CCCl)CC1CC1. The largest absolute Gasteiger partial charge is 0.296 e. The highest BCUT2D eigenvalue weighted by molar-refractivity contribution is 6.18. The van der Waals surface area contributed by atoms with Gasteiger partial charge in [-0.25, -0.2) is 8.78 Å². The summed E-state index contributed by atoms with van der Waals surface area (Å²) in [5, 5.41) is 0. The van der Waals surface area contributed by atoms with Crippen LogP contribution in [0.1, 0.15) is 12.8 Å². The third kappa shape index (κ3) is 4.21. The fourth-order valence-electron chi connectivity index (χ4n) is 1.24. The lowest BCUT2D eigenvalue weighted by Crippen LogP contribution is -2.32. The number of hydrogen-bond acceptors (Lipinski definition) is 1. The Kier molecular flexibility index (Phi) is 4.22. The van der Waals surface area contributed by atoms with E-state index in [0.717, 1.165) is 6.54 Å². The Morgan fingerprint density at radius 1 is 1.42 bits per heavy atom. The Bertz CT molecular complexity index is 124. The average Bonchev–Trinajstić information content (AvgIpc) is 2.70. The zero-order valence-electron chi connectivity index (χ0n) is 6.98. The molecule has 0 aromatic rings. The predicted molar refractivity (Wildman–Crippen MR) is 45.9 cm³/mol. The van der Waals surface area contributed by atoms with Crippen molar-refractivity contribution in [1.29, 1.82) is 0 Å². The summed E-state index contributed by atoms with van der Waals surface area (Å²) in [7, 11) is 0. The molecule has 0 aliphatic heterocycles. The van der Waals surface area contributed by atoms with E-state index in [1.165, 1.54) is 12.8 Å². The molecule has 0 amide bonds. The van der Waals surface area contributed by atoms with Crippen molar-refractivity contribution < 1.29 is 8.78 Å². The van der Waals surface area contributed by atoms with E-state index in [1.807, 2.05) is 0 Å². The molecular weight excluding hydrogens is 184 g/mol. The first-order valence-electron chi connectivity index (χ1n) is 4.29. The van der Waals surface area contributed by atoms with E-state index in [4.69, 9.17) is 11.6 Å². The Balaban J connectivity index is 2.16. The Morgan fingerprint density at radius 3 is 2.50 bits per heavy atom. The van der Waals surface area contributed by atoms with Crippen LogP contribution in [0.25, 0.3) is 0 Å². The van der Waals surface area contributed by atoms with Crippen molar-refractivity contribution in [3.05, 3.63) is 0 Å². The standard InChI is InChI=1S/C8H14ClF2N/c9-3-4-12(6-8(10)11)5-7-1-2-7/h7-8H,1-6H2. The third-order valence-electron chi connectivity index (χ3n) is 2.01. The van der Waals surface area contributed by atoms with Crippen molar-refractivity contribution in [3.8, 4) is 0 Å². The minimum atomic E-state index is -2.23. The van der Waals surface area contributed by atoms with Crippen molar-refractivity contribution in [2.45, 2.75) is 19.3 Å². The van der Waals surface area contributed by atoms with Crippen LogP contribution in [0.4, 0.5) is 8.78 Å². The number of rotatable bonds is 6. The molecule has 1 nitrogen and oxygen atoms in total. The van der Waals surface area contributed by atoms with E-state index in [9.17, 15) is 8.78 Å². The summed E-state index contributed by atoms with van der Waals surface area (Å²) in [4.78, 5) is 1.76. The van der Waals surface area contributed by atoms with Crippen LogP contribution in [0, 0.1) is 5.92 Å². The van der Waals surface area contributed by atoms with Gasteiger partial charge in [-0.1, -0.05) is 0 Å². The molecule has 0 radical (unpaired) electrons. The van der Waals surface area contributed by atoms with E-state index >= 15 is 0 Å². The summed E-state index contributed by atoms with van der Waals surface area (Å²) in [5.41, 5.74) is 0. The molecule has 0 N–H and O–H groups in total. The molecule has 1 fully saturated rings. The minimum Gasteiger partial charge on any atom is -0.296 e. The average molecular weight is 198 g/mol. The second kappa shape index (κ2) is 4.97. The van der Waals surface area contributed by atoms with Gasteiger partial charge in [-0.3, -0.25) is 4.90 Å². The van der Waals surface area contributed by atoms with Crippen LogP contribution < -0.4 is 0 Å². The van der Waals surface area contributed by atoms with Gasteiger partial charge in [0, 0.05) is 19.0 Å². The van der Waals surface area contributed by atoms with Crippen molar-refractivity contribution in [2.75, 3.05) is 25.5 Å². The normalized spacial score (nSPS) is 17.8. The van der Waals surface area contributed by atoms with Crippen LogP contribution in [0.3, 0.4) is 0 Å². The van der Waals surface area contributed by atoms with Crippen LogP contribution in [0.2, 0.25) is 0 Å². The molecule has 12 heavy (non-hydrogen) atoms. The van der Waals surface area contributed by atoms with Gasteiger partial charge < -0.3 is 0 Å². The second-order valence-electron chi connectivity index (χ2n) is 3.28. The van der Waals surface area contributed by atoms with Crippen molar-refractivity contribution in [2.24, 2.45) is 5.92 Å². The highest BCUT2D eigenvalue weighted by Gasteiger charge is 2.25. The van der Waals surface area contributed by atoms with Gasteiger partial charge in [-0.15, -0.1) is 11.6 Å². The number of halogens is 3. The van der Waals surface area contributed by atoms with E-state index in [-0.39, 0.29) is 6.54 Å². The van der Waals surface area contributed by atoms with E-state index < -0.39 is 6.43 Å². The van der Waals surface area contributed by atoms with E-state index in [1.54, 1.807) is 4.90 Å². The first kappa shape index (κ1) is 10.2. The second-order valence-corrected chi connectivity index (χ2v) is 3.66. The van der Waals surface area contributed by atoms with Crippen molar-refractivity contribution >= 4 is 11.6 Å². The first-order valence-corrected chi connectivity index (χ1v) is 4.82. The lowest BCUT2D eigenvalue weighted by molar-refractivity contribution is 0.0890. The first-order chi connectivity index (χ1) is 5.72. The van der Waals surface area contributed by atoms with Gasteiger partial charge in [0.1, 0.15) is 0 Å². The quantitative estimate of drug-likeness (QED) is 0.591. The van der Waals surface area contributed by atoms with Crippen LogP contribution in [0.15, 0.2) is 0 Å². The van der Waals surface area contributed by atoms with Gasteiger partial charge >= 0.3 is 0 Å². The molecule has 1 rings (SSSR count). The molecule has 4 heteroatoms. The smallest absolute Gasteiger partial charge is 0.251 e. The zero-order valence-corrected chi connectivity index (χ0v) is 7.73. The van der Waals surface area contributed by atoms with Gasteiger partial charge in [0.25, 0.3) is 6.43 Å². The summed E-state index contributed by atoms with van der Waals surface area (Å²) in [5.74, 6) is 1.10. The highest BCUT2D eigenvalue weighted by Crippen LogP contribution is 2.29. The highest BCUT2D eigenvalue weighted by atomic mass is 35.5. The van der Waals surface area contributed by atoms with E-state index in [0.29, 0.717) is 18.3 Å². The molecule has 1 aliphatic carbocycles. The Hall–Kier alpha value is 0.110. The molecule has 0 spiro atoms. The summed E-state index contributed by atoms with van der Waals surface area (Å²) in [6.07, 6.45) is 0.163. The summed E-state index contributed by atoms with van der Waals surface area (Å²) in [6.45, 7) is 1.27. The van der Waals surface area contributed by atoms with Crippen LogP contribution in [0.5, 0.6) is 0 Å². The fourth-order valence-corrected chi connectivity index (χ4v) is 1.48. The van der Waals surface area contributed by atoms with Crippen LogP contribution in [-0.2, 0) is 0 Å². The molecule has 0 saturated heterocycles. The van der Waals surface area contributed by atoms with Crippen molar-refractivity contribution in [1.82, 2.24) is 4.90 Å². The topological polar surface area (TPSA) is 3.24 Å². The number of nitrogens with zero attached hydrogens (tertiary/aromatic N) is 1. The maximum absolute atomic E-state index is 12.0. The molecule has 0 atom stereocenters. The number of alkyl halides is 3. The van der Waals surface area contributed by atoms with Crippen molar-refractivity contribution in [3.63, 3.8) is 0 Å². The molecular formula is C8H14ClF2N. The van der Waals surface area contributed by atoms with Gasteiger partial charge in [-0.2, -0.15) is 0 Å². The zero-order chi connectivity index (χ0) is 8.97. The number of hydrogen-bond donors (Lipinski definition) is 0. The minimum absolute atomic E-state index is 0.122. The Morgan fingerprint density at radius 2 is 2.08 bits per heavy atom. The maximum Gasteiger partial charge on any atom is 0.251 e. The molecule has 72 valence electrons. The Labute approximate surface area is 76.7 Å². The third-order valence-corrected chi connectivity index (χ3v) is 2.18. The molecule has 0 heterocycles. The fraction of sp³-hybridized carbons (Fsp3) is 1.00. The predicted octanol–water partition coefficient (Wildman–Crippen LogP) is 2.20. The lowest BCUT2D eigenvalue weighted by Gasteiger charge is -2.19. The van der Waals surface area contributed by atoms with Crippen LogP contribution in [-0.4, -0.2) is 36.8 Å². The summed E-state index contributed by atoms with van der Waals surface area (Å²) < 4.78 is 24.0. The molecule has 0 aromatic carbocycles. The van der Waals surface area contributed by atoms with Gasteiger partial charge in [0.15, 0.2) is 0 Å². The maximum atomic E-state index is 12.0.